The first-order valence-electron chi connectivity index (χ1n) is 7.64. The van der Waals surface area contributed by atoms with Crippen molar-refractivity contribution in [1.29, 1.82) is 0 Å². The molecule has 2 aromatic carbocycles. The van der Waals surface area contributed by atoms with Gasteiger partial charge in [0.25, 0.3) is 0 Å². The van der Waals surface area contributed by atoms with E-state index in [2.05, 4.69) is 10.6 Å². The fourth-order valence-electron chi connectivity index (χ4n) is 1.95. The second-order valence-electron chi connectivity index (χ2n) is 4.98. The molecule has 2 N–H and O–H groups in total. The number of hydrogen-bond donors (Lipinski definition) is 2. The minimum atomic E-state index is 0.693. The van der Waals surface area contributed by atoms with Gasteiger partial charge in [0.05, 0.1) is 0 Å². The largest absolute Gasteiger partial charge is 0.384 e. The molecule has 0 saturated carbocycles. The number of anilines is 2. The maximum absolute atomic E-state index is 10.6. The number of aldehydes is 2. The van der Waals surface area contributed by atoms with Crippen molar-refractivity contribution in [3.63, 3.8) is 0 Å². The van der Waals surface area contributed by atoms with Crippen molar-refractivity contribution in [1.82, 2.24) is 0 Å². The standard InChI is InChI=1S/C18H20N2O2S2/c21-13-15-1-5-17(6-2-15)19-9-11-23-24-12-10-20-18-7-3-16(14-22)4-8-18/h1-8,13-14,19-20H,9-12H2. The Balaban J connectivity index is 1.50. The summed E-state index contributed by atoms with van der Waals surface area (Å²) in [5.41, 5.74) is 3.45. The minimum Gasteiger partial charge on any atom is -0.384 e. The number of carbonyl (C=O) groups excluding carboxylic acids is 2. The van der Waals surface area contributed by atoms with Crippen LogP contribution < -0.4 is 10.6 Å². The van der Waals surface area contributed by atoms with Gasteiger partial charge in [-0.3, -0.25) is 9.59 Å². The summed E-state index contributed by atoms with van der Waals surface area (Å²) < 4.78 is 0. The van der Waals surface area contributed by atoms with Crippen LogP contribution in [0.2, 0.25) is 0 Å². The van der Waals surface area contributed by atoms with Crippen molar-refractivity contribution >= 4 is 45.5 Å². The van der Waals surface area contributed by atoms with Crippen LogP contribution in [-0.4, -0.2) is 37.2 Å². The summed E-state index contributed by atoms with van der Waals surface area (Å²) in [5, 5.41) is 6.66. The van der Waals surface area contributed by atoms with E-state index in [4.69, 9.17) is 0 Å². The van der Waals surface area contributed by atoms with Crippen molar-refractivity contribution < 1.29 is 9.59 Å². The molecule has 0 spiro atoms. The van der Waals surface area contributed by atoms with Gasteiger partial charge in [-0.25, -0.2) is 0 Å². The lowest BCUT2D eigenvalue weighted by atomic mass is 10.2. The van der Waals surface area contributed by atoms with Crippen LogP contribution in [0.4, 0.5) is 11.4 Å². The normalized spacial score (nSPS) is 10.2. The molecule has 4 nitrogen and oxygen atoms in total. The summed E-state index contributed by atoms with van der Waals surface area (Å²) in [7, 11) is 3.67. The lowest BCUT2D eigenvalue weighted by Crippen LogP contribution is -2.05. The zero-order valence-corrected chi connectivity index (χ0v) is 14.9. The summed E-state index contributed by atoms with van der Waals surface area (Å²) >= 11 is 0. The number of rotatable bonds is 11. The van der Waals surface area contributed by atoms with Crippen molar-refractivity contribution in [2.24, 2.45) is 0 Å². The van der Waals surface area contributed by atoms with Crippen molar-refractivity contribution in [3.05, 3.63) is 59.7 Å². The Morgan fingerprint density at radius 3 is 1.38 bits per heavy atom. The highest BCUT2D eigenvalue weighted by Crippen LogP contribution is 2.20. The van der Waals surface area contributed by atoms with Crippen molar-refractivity contribution in [2.45, 2.75) is 0 Å². The predicted octanol–water partition coefficient (Wildman–Crippen LogP) is 4.22. The van der Waals surface area contributed by atoms with E-state index in [0.717, 1.165) is 48.5 Å². The second kappa shape index (κ2) is 10.8. The first-order valence-corrected chi connectivity index (χ1v) is 10.1. The highest BCUT2D eigenvalue weighted by atomic mass is 33.1. The molecule has 2 aromatic rings. The van der Waals surface area contributed by atoms with Gasteiger partial charge in [0.15, 0.2) is 0 Å². The summed E-state index contributed by atoms with van der Waals surface area (Å²) in [6.45, 7) is 1.78. The van der Waals surface area contributed by atoms with Gasteiger partial charge in [-0.15, -0.1) is 0 Å². The van der Waals surface area contributed by atoms with Crippen LogP contribution in [0.5, 0.6) is 0 Å². The average Bonchev–Trinajstić information content (AvgIpc) is 2.65. The van der Waals surface area contributed by atoms with Gasteiger partial charge in [0, 0.05) is 47.1 Å². The molecule has 0 aliphatic heterocycles. The molecule has 0 aliphatic carbocycles. The van der Waals surface area contributed by atoms with Crippen LogP contribution in [0, 0.1) is 0 Å². The van der Waals surface area contributed by atoms with E-state index in [1.165, 1.54) is 0 Å². The topological polar surface area (TPSA) is 58.2 Å². The first kappa shape index (κ1) is 18.4. The quantitative estimate of drug-likeness (QED) is 0.355. The molecule has 0 amide bonds. The molecule has 2 rings (SSSR count). The fraction of sp³-hybridized carbons (Fsp3) is 0.222. The second-order valence-corrected chi connectivity index (χ2v) is 7.68. The van der Waals surface area contributed by atoms with Gasteiger partial charge in [0.1, 0.15) is 12.6 Å². The molecule has 0 fully saturated rings. The monoisotopic (exact) mass is 360 g/mol. The molecular weight excluding hydrogens is 340 g/mol. The molecule has 0 heterocycles. The summed E-state index contributed by atoms with van der Waals surface area (Å²) in [5.74, 6) is 2.02. The molecule has 6 heteroatoms. The molecule has 0 unspecified atom stereocenters. The number of carbonyl (C=O) groups is 2. The average molecular weight is 361 g/mol. The van der Waals surface area contributed by atoms with Gasteiger partial charge in [-0.05, 0) is 48.5 Å². The van der Waals surface area contributed by atoms with E-state index in [-0.39, 0.29) is 0 Å². The fourth-order valence-corrected chi connectivity index (χ4v) is 3.76. The van der Waals surface area contributed by atoms with Crippen LogP contribution in [0.3, 0.4) is 0 Å². The first-order chi connectivity index (χ1) is 11.8. The number of nitrogens with one attached hydrogen (secondary N) is 2. The van der Waals surface area contributed by atoms with Crippen LogP contribution >= 0.6 is 21.6 Å². The number of hydrogen-bond acceptors (Lipinski definition) is 6. The van der Waals surface area contributed by atoms with Crippen molar-refractivity contribution in [2.75, 3.05) is 35.2 Å². The maximum atomic E-state index is 10.6. The predicted molar refractivity (Wildman–Crippen MR) is 106 cm³/mol. The van der Waals surface area contributed by atoms with Gasteiger partial charge >= 0.3 is 0 Å². The molecular formula is C18H20N2O2S2. The Kier molecular flexibility index (Phi) is 8.27. The minimum absolute atomic E-state index is 0.693. The third-order valence-corrected chi connectivity index (χ3v) is 5.61. The van der Waals surface area contributed by atoms with Crippen molar-refractivity contribution in [3.8, 4) is 0 Å². The SMILES string of the molecule is O=Cc1ccc(NCCSSCCNc2ccc(C=O)cc2)cc1. The zero-order chi connectivity index (χ0) is 17.0. The number of benzene rings is 2. The van der Waals surface area contributed by atoms with E-state index in [0.29, 0.717) is 11.1 Å². The Bertz CT molecular complexity index is 573. The Morgan fingerprint density at radius 2 is 1.04 bits per heavy atom. The molecule has 0 bridgehead atoms. The molecule has 0 aliphatic rings. The maximum Gasteiger partial charge on any atom is 0.150 e. The lowest BCUT2D eigenvalue weighted by Gasteiger charge is -2.07. The Labute approximate surface area is 150 Å². The summed E-state index contributed by atoms with van der Waals surface area (Å²) in [6, 6.07) is 14.9. The summed E-state index contributed by atoms with van der Waals surface area (Å²) in [4.78, 5) is 21.2. The van der Waals surface area contributed by atoms with Crippen LogP contribution in [0.25, 0.3) is 0 Å². The lowest BCUT2D eigenvalue weighted by molar-refractivity contribution is 0.111. The molecule has 0 radical (unpaired) electrons. The smallest absolute Gasteiger partial charge is 0.150 e. The molecule has 0 aromatic heterocycles. The van der Waals surface area contributed by atoms with E-state index < -0.39 is 0 Å². The van der Waals surface area contributed by atoms with Crippen LogP contribution in [0.15, 0.2) is 48.5 Å². The van der Waals surface area contributed by atoms with Crippen LogP contribution in [-0.2, 0) is 0 Å². The Hall–Kier alpha value is -1.92. The Morgan fingerprint density at radius 1 is 0.667 bits per heavy atom. The zero-order valence-electron chi connectivity index (χ0n) is 13.2. The van der Waals surface area contributed by atoms with Gasteiger partial charge in [-0.1, -0.05) is 21.6 Å². The molecule has 24 heavy (non-hydrogen) atoms. The van der Waals surface area contributed by atoms with E-state index in [1.54, 1.807) is 0 Å². The highest BCUT2D eigenvalue weighted by Gasteiger charge is 1.96. The third-order valence-electron chi connectivity index (χ3n) is 3.21. The highest BCUT2D eigenvalue weighted by molar-refractivity contribution is 8.76. The third kappa shape index (κ3) is 6.68. The van der Waals surface area contributed by atoms with Crippen LogP contribution in [0.1, 0.15) is 20.7 Å². The van der Waals surface area contributed by atoms with Gasteiger partial charge in [0.2, 0.25) is 0 Å². The van der Waals surface area contributed by atoms with E-state index >= 15 is 0 Å². The van der Waals surface area contributed by atoms with Gasteiger partial charge in [-0.2, -0.15) is 0 Å². The summed E-state index contributed by atoms with van der Waals surface area (Å²) in [6.07, 6.45) is 1.70. The molecule has 0 saturated heterocycles. The van der Waals surface area contributed by atoms with E-state index in [1.807, 2.05) is 70.1 Å². The van der Waals surface area contributed by atoms with Gasteiger partial charge < -0.3 is 10.6 Å². The molecule has 0 atom stereocenters. The molecule has 126 valence electrons. The van der Waals surface area contributed by atoms with E-state index in [9.17, 15) is 9.59 Å².